The zero-order valence-electron chi connectivity index (χ0n) is 15.5. The molecule has 0 N–H and O–H groups in total. The predicted octanol–water partition coefficient (Wildman–Crippen LogP) is 4.49. The summed E-state index contributed by atoms with van der Waals surface area (Å²) in [5, 5.41) is 0. The third-order valence-electron chi connectivity index (χ3n) is 4.75. The molecule has 0 spiro atoms. The fourth-order valence-corrected chi connectivity index (χ4v) is 3.35. The Labute approximate surface area is 154 Å². The maximum Gasteiger partial charge on any atom is 0.203 e. The number of benzene rings is 2. The molecule has 0 heterocycles. The van der Waals surface area contributed by atoms with Crippen LogP contribution < -0.4 is 14.2 Å². The number of carbonyl (C=O) groups is 1. The van der Waals surface area contributed by atoms with Gasteiger partial charge >= 0.3 is 0 Å². The number of hydrogen-bond acceptors (Lipinski definition) is 4. The van der Waals surface area contributed by atoms with Gasteiger partial charge in [0, 0.05) is 5.56 Å². The van der Waals surface area contributed by atoms with Crippen molar-refractivity contribution in [3.63, 3.8) is 0 Å². The van der Waals surface area contributed by atoms with Gasteiger partial charge in [-0.25, -0.2) is 0 Å². The first-order valence-corrected chi connectivity index (χ1v) is 8.80. The Morgan fingerprint density at radius 3 is 2.15 bits per heavy atom. The summed E-state index contributed by atoms with van der Waals surface area (Å²) in [6.45, 7) is 0. The molecule has 4 nitrogen and oxygen atoms in total. The molecule has 136 valence electrons. The van der Waals surface area contributed by atoms with Gasteiger partial charge in [0.25, 0.3) is 0 Å². The van der Waals surface area contributed by atoms with Crippen molar-refractivity contribution in [1.29, 1.82) is 0 Å². The van der Waals surface area contributed by atoms with Crippen LogP contribution in [0.3, 0.4) is 0 Å². The smallest absolute Gasteiger partial charge is 0.203 e. The van der Waals surface area contributed by atoms with Gasteiger partial charge in [0.1, 0.15) is 0 Å². The van der Waals surface area contributed by atoms with Gasteiger partial charge in [0.15, 0.2) is 17.3 Å². The van der Waals surface area contributed by atoms with E-state index in [0.717, 1.165) is 24.0 Å². The topological polar surface area (TPSA) is 44.8 Å². The lowest BCUT2D eigenvalue weighted by molar-refractivity contribution is 0.104. The zero-order chi connectivity index (χ0) is 18.5. The Morgan fingerprint density at radius 1 is 0.885 bits per heavy atom. The highest BCUT2D eigenvalue weighted by atomic mass is 16.5. The molecule has 0 atom stereocenters. The van der Waals surface area contributed by atoms with E-state index in [-0.39, 0.29) is 5.78 Å². The van der Waals surface area contributed by atoms with E-state index < -0.39 is 0 Å². The Bertz CT molecular complexity index is 811. The minimum atomic E-state index is -0.00729. The highest BCUT2D eigenvalue weighted by Gasteiger charge is 2.13. The van der Waals surface area contributed by atoms with Crippen LogP contribution in [-0.4, -0.2) is 27.1 Å². The molecule has 0 bridgehead atoms. The van der Waals surface area contributed by atoms with E-state index in [4.69, 9.17) is 14.2 Å². The summed E-state index contributed by atoms with van der Waals surface area (Å²) in [6.07, 6.45) is 7.98. The maximum absolute atomic E-state index is 12.6. The molecule has 26 heavy (non-hydrogen) atoms. The first-order valence-electron chi connectivity index (χ1n) is 8.80. The molecular weight excluding hydrogens is 328 g/mol. The van der Waals surface area contributed by atoms with Crippen LogP contribution in [0, 0.1) is 0 Å². The second-order valence-corrected chi connectivity index (χ2v) is 6.35. The molecule has 0 unspecified atom stereocenters. The van der Waals surface area contributed by atoms with Crippen molar-refractivity contribution in [2.45, 2.75) is 25.7 Å². The van der Waals surface area contributed by atoms with Gasteiger partial charge < -0.3 is 14.2 Å². The second-order valence-electron chi connectivity index (χ2n) is 6.35. The average molecular weight is 352 g/mol. The molecule has 0 aromatic heterocycles. The molecule has 3 rings (SSSR count). The highest BCUT2D eigenvalue weighted by Crippen LogP contribution is 2.38. The van der Waals surface area contributed by atoms with Crippen molar-refractivity contribution in [2.24, 2.45) is 0 Å². The van der Waals surface area contributed by atoms with E-state index in [0.29, 0.717) is 17.2 Å². The van der Waals surface area contributed by atoms with Crippen molar-refractivity contribution in [2.75, 3.05) is 21.3 Å². The number of carbonyl (C=O) groups excluding carboxylic acids is 1. The number of ketones is 1. The largest absolute Gasteiger partial charge is 0.493 e. The van der Waals surface area contributed by atoms with Gasteiger partial charge in [-0.1, -0.05) is 18.2 Å². The van der Waals surface area contributed by atoms with Crippen molar-refractivity contribution in [3.8, 4) is 17.2 Å². The van der Waals surface area contributed by atoms with E-state index in [9.17, 15) is 4.79 Å². The zero-order valence-corrected chi connectivity index (χ0v) is 15.5. The third kappa shape index (κ3) is 3.74. The number of aryl methyl sites for hydroxylation is 2. The minimum Gasteiger partial charge on any atom is -0.493 e. The fourth-order valence-electron chi connectivity index (χ4n) is 3.35. The van der Waals surface area contributed by atoms with E-state index in [1.54, 1.807) is 33.5 Å². The third-order valence-corrected chi connectivity index (χ3v) is 4.75. The summed E-state index contributed by atoms with van der Waals surface area (Å²) < 4.78 is 16.0. The molecule has 0 saturated heterocycles. The van der Waals surface area contributed by atoms with Crippen LogP contribution in [0.5, 0.6) is 17.2 Å². The fraction of sp³-hybridized carbons (Fsp3) is 0.318. The molecule has 0 amide bonds. The van der Waals surface area contributed by atoms with Crippen LogP contribution in [-0.2, 0) is 12.8 Å². The van der Waals surface area contributed by atoms with Gasteiger partial charge in [-0.05, 0) is 66.6 Å². The van der Waals surface area contributed by atoms with Crippen molar-refractivity contribution in [1.82, 2.24) is 0 Å². The van der Waals surface area contributed by atoms with Gasteiger partial charge in [-0.2, -0.15) is 0 Å². The monoisotopic (exact) mass is 352 g/mol. The first kappa shape index (κ1) is 18.1. The van der Waals surface area contributed by atoms with E-state index in [1.807, 2.05) is 24.3 Å². The first-order chi connectivity index (χ1) is 12.7. The molecular formula is C22H24O4. The van der Waals surface area contributed by atoms with Crippen LogP contribution in [0.25, 0.3) is 6.08 Å². The summed E-state index contributed by atoms with van der Waals surface area (Å²) in [4.78, 5) is 12.6. The van der Waals surface area contributed by atoms with Crippen LogP contribution in [0.15, 0.2) is 36.4 Å². The van der Waals surface area contributed by atoms with Gasteiger partial charge in [0.05, 0.1) is 21.3 Å². The van der Waals surface area contributed by atoms with Crippen molar-refractivity contribution in [3.05, 3.63) is 58.7 Å². The Balaban J connectivity index is 1.84. The van der Waals surface area contributed by atoms with Crippen LogP contribution in [0.4, 0.5) is 0 Å². The van der Waals surface area contributed by atoms with Crippen LogP contribution >= 0.6 is 0 Å². The summed E-state index contributed by atoms with van der Waals surface area (Å²) in [6, 6.07) is 9.69. The van der Waals surface area contributed by atoms with Crippen LogP contribution in [0.1, 0.15) is 39.9 Å². The summed E-state index contributed by atoms with van der Waals surface area (Å²) >= 11 is 0. The minimum absolute atomic E-state index is 0.00729. The van der Waals surface area contributed by atoms with Gasteiger partial charge in [-0.15, -0.1) is 0 Å². The number of methoxy groups -OCH3 is 3. The maximum atomic E-state index is 12.6. The summed E-state index contributed by atoms with van der Waals surface area (Å²) in [7, 11) is 4.71. The lowest BCUT2D eigenvalue weighted by atomic mass is 9.90. The van der Waals surface area contributed by atoms with Crippen molar-refractivity contribution < 1.29 is 19.0 Å². The lowest BCUT2D eigenvalue weighted by Crippen LogP contribution is -2.05. The molecule has 0 aliphatic heterocycles. The summed E-state index contributed by atoms with van der Waals surface area (Å²) in [5.74, 6) is 1.65. The number of hydrogen-bond donors (Lipinski definition) is 0. The second kappa shape index (κ2) is 8.09. The number of rotatable bonds is 6. The predicted molar refractivity (Wildman–Crippen MR) is 103 cm³/mol. The standard InChI is InChI=1S/C22H24O4/c1-24-20-12-15(13-21(25-2)22(20)26-3)8-11-19(23)18-10-9-16-6-4-5-7-17(16)14-18/h8-14H,4-7H2,1-3H3. The molecule has 1 aliphatic rings. The van der Waals surface area contributed by atoms with E-state index in [2.05, 4.69) is 6.07 Å². The number of allylic oxidation sites excluding steroid dienone is 1. The molecule has 0 saturated carbocycles. The van der Waals surface area contributed by atoms with Crippen molar-refractivity contribution >= 4 is 11.9 Å². The quantitative estimate of drug-likeness (QED) is 0.568. The Kier molecular flexibility index (Phi) is 5.61. The van der Waals surface area contributed by atoms with Gasteiger partial charge in [0.2, 0.25) is 5.75 Å². The molecule has 2 aromatic carbocycles. The average Bonchev–Trinajstić information content (AvgIpc) is 2.70. The molecule has 4 heteroatoms. The lowest BCUT2D eigenvalue weighted by Gasteiger charge is -2.15. The SMILES string of the molecule is COc1cc(C=CC(=O)c2ccc3c(c2)CCCC3)cc(OC)c1OC. The molecule has 0 radical (unpaired) electrons. The van der Waals surface area contributed by atoms with E-state index in [1.165, 1.54) is 24.0 Å². The molecule has 0 fully saturated rings. The van der Waals surface area contributed by atoms with E-state index >= 15 is 0 Å². The van der Waals surface area contributed by atoms with Gasteiger partial charge in [-0.3, -0.25) is 4.79 Å². The number of fused-ring (bicyclic) bond motifs is 1. The Hall–Kier alpha value is -2.75. The number of ether oxygens (including phenoxy) is 3. The molecule has 2 aromatic rings. The Morgan fingerprint density at radius 2 is 1.54 bits per heavy atom. The highest BCUT2D eigenvalue weighted by molar-refractivity contribution is 6.07. The normalized spacial score (nSPS) is 13.3. The molecule has 1 aliphatic carbocycles. The summed E-state index contributed by atoms with van der Waals surface area (Å²) in [5.41, 5.74) is 4.23. The van der Waals surface area contributed by atoms with Crippen LogP contribution in [0.2, 0.25) is 0 Å².